The Balaban J connectivity index is 1.94. The number of carbonyl (C=O) groups is 2. The van der Waals surface area contributed by atoms with Crippen LogP contribution in [0.1, 0.15) is 44.6 Å². The lowest BCUT2D eigenvalue weighted by molar-refractivity contribution is -0.121. The second-order valence-corrected chi connectivity index (χ2v) is 9.35. The van der Waals surface area contributed by atoms with E-state index >= 15 is 0 Å². The molecule has 0 aromatic heterocycles. The number of ketones is 1. The second-order valence-electron chi connectivity index (χ2n) is 8.43. The summed E-state index contributed by atoms with van der Waals surface area (Å²) in [7, 11) is 0. The first-order valence-corrected chi connectivity index (χ1v) is 10.3. The molecule has 1 aliphatic carbocycles. The molecular weight excluding hydrogens is 440 g/mol. The highest BCUT2D eigenvalue weighted by molar-refractivity contribution is 9.10. The summed E-state index contributed by atoms with van der Waals surface area (Å²) in [5, 5.41) is 0. The molecular formula is C23H20BrF2NO2. The molecule has 0 spiro atoms. The van der Waals surface area contributed by atoms with Gasteiger partial charge in [-0.15, -0.1) is 0 Å². The highest BCUT2D eigenvalue weighted by Crippen LogP contribution is 2.48. The molecule has 0 N–H and O–H groups in total. The summed E-state index contributed by atoms with van der Waals surface area (Å²) in [5.74, 6) is -1.92. The largest absolute Gasteiger partial charge is 0.294 e. The summed E-state index contributed by atoms with van der Waals surface area (Å²) in [5.41, 5.74) is 1.38. The van der Waals surface area contributed by atoms with Gasteiger partial charge in [-0.05, 0) is 53.8 Å². The van der Waals surface area contributed by atoms with Crippen LogP contribution in [0, 0.1) is 17.0 Å². The number of rotatable bonds is 2. The van der Waals surface area contributed by atoms with Crippen molar-refractivity contribution < 1.29 is 18.4 Å². The first kappa shape index (κ1) is 20.0. The van der Waals surface area contributed by atoms with E-state index in [1.165, 1.54) is 29.2 Å². The molecule has 0 saturated heterocycles. The average molecular weight is 460 g/mol. The van der Waals surface area contributed by atoms with Crippen molar-refractivity contribution in [3.05, 3.63) is 75.4 Å². The fraction of sp³-hybridized carbons (Fsp3) is 0.304. The van der Waals surface area contributed by atoms with Gasteiger partial charge in [-0.3, -0.25) is 14.5 Å². The van der Waals surface area contributed by atoms with Crippen molar-refractivity contribution in [3.8, 4) is 0 Å². The molecule has 1 amide bonds. The maximum Gasteiger partial charge on any atom is 0.232 e. The minimum absolute atomic E-state index is 0.0467. The Morgan fingerprint density at radius 1 is 1.07 bits per heavy atom. The van der Waals surface area contributed by atoms with Gasteiger partial charge in [-0.1, -0.05) is 35.8 Å². The Labute approximate surface area is 176 Å². The molecule has 3 nitrogen and oxygen atoms in total. The van der Waals surface area contributed by atoms with E-state index in [0.717, 1.165) is 0 Å². The topological polar surface area (TPSA) is 37.4 Å². The van der Waals surface area contributed by atoms with Crippen LogP contribution < -0.4 is 4.90 Å². The first-order valence-electron chi connectivity index (χ1n) is 9.46. The maximum atomic E-state index is 14.7. The normalized spacial score (nSPS) is 21.4. The van der Waals surface area contributed by atoms with Crippen molar-refractivity contribution in [1.82, 2.24) is 0 Å². The fourth-order valence-corrected chi connectivity index (χ4v) is 4.76. The highest BCUT2D eigenvalue weighted by Gasteiger charge is 2.45. The lowest BCUT2D eigenvalue weighted by Gasteiger charge is -2.43. The average Bonchev–Trinajstić information content (AvgIpc) is 2.61. The molecule has 29 heavy (non-hydrogen) atoms. The zero-order valence-electron chi connectivity index (χ0n) is 16.1. The van der Waals surface area contributed by atoms with Gasteiger partial charge in [-0.25, -0.2) is 8.78 Å². The van der Waals surface area contributed by atoms with Crippen molar-refractivity contribution in [1.29, 1.82) is 0 Å². The predicted octanol–water partition coefficient (Wildman–Crippen LogP) is 5.89. The van der Waals surface area contributed by atoms with Crippen molar-refractivity contribution in [2.75, 3.05) is 4.90 Å². The Kier molecular flexibility index (Phi) is 4.93. The van der Waals surface area contributed by atoms with Crippen LogP contribution in [0.2, 0.25) is 0 Å². The SMILES string of the molecule is CC1(C)CC(=O)C2=C(C1)N(c1cccc(F)c1)C(=O)CC2c1cc(Br)ccc1F. The summed E-state index contributed by atoms with van der Waals surface area (Å²) in [6.45, 7) is 3.93. The lowest BCUT2D eigenvalue weighted by atomic mass is 9.69. The van der Waals surface area contributed by atoms with Gasteiger partial charge in [0.1, 0.15) is 11.6 Å². The lowest BCUT2D eigenvalue weighted by Crippen LogP contribution is -2.43. The number of Topliss-reactive ketones (excluding diaryl/α,β-unsaturated/α-hetero) is 1. The Morgan fingerprint density at radius 2 is 1.83 bits per heavy atom. The molecule has 2 aromatic rings. The number of anilines is 1. The van der Waals surface area contributed by atoms with Crippen LogP contribution in [0.25, 0.3) is 0 Å². The number of amides is 1. The van der Waals surface area contributed by atoms with Crippen LogP contribution in [0.4, 0.5) is 14.5 Å². The van der Waals surface area contributed by atoms with E-state index in [9.17, 15) is 18.4 Å². The number of benzene rings is 2. The summed E-state index contributed by atoms with van der Waals surface area (Å²) >= 11 is 3.35. The number of allylic oxidation sites excluding steroid dienone is 2. The maximum absolute atomic E-state index is 14.7. The van der Waals surface area contributed by atoms with Crippen molar-refractivity contribution in [2.24, 2.45) is 5.41 Å². The standard InChI is InChI=1S/C23H20BrF2NO2/c1-23(2)11-19-22(20(28)12-23)17(16-8-13(24)6-7-18(16)26)10-21(29)27(19)15-5-3-4-14(25)9-15/h3-9,17H,10-12H2,1-2H3. The van der Waals surface area contributed by atoms with E-state index in [0.29, 0.717) is 39.8 Å². The molecule has 1 unspecified atom stereocenters. The minimum Gasteiger partial charge on any atom is -0.294 e. The van der Waals surface area contributed by atoms with Gasteiger partial charge in [0.05, 0.1) is 5.69 Å². The van der Waals surface area contributed by atoms with Crippen molar-refractivity contribution >= 4 is 33.3 Å². The van der Waals surface area contributed by atoms with Gasteiger partial charge in [0.15, 0.2) is 5.78 Å². The summed E-state index contributed by atoms with van der Waals surface area (Å²) in [6.07, 6.45) is 0.750. The molecule has 1 heterocycles. The van der Waals surface area contributed by atoms with Crippen LogP contribution in [0.5, 0.6) is 0 Å². The first-order chi connectivity index (χ1) is 13.7. The second kappa shape index (κ2) is 7.17. The molecule has 2 aromatic carbocycles. The molecule has 0 radical (unpaired) electrons. The monoisotopic (exact) mass is 459 g/mol. The molecule has 1 atom stereocenters. The summed E-state index contributed by atoms with van der Waals surface area (Å²) in [4.78, 5) is 27.8. The molecule has 0 bridgehead atoms. The molecule has 6 heteroatoms. The van der Waals surface area contributed by atoms with Crippen molar-refractivity contribution in [2.45, 2.75) is 39.0 Å². The zero-order chi connectivity index (χ0) is 20.9. The quantitative estimate of drug-likeness (QED) is 0.561. The summed E-state index contributed by atoms with van der Waals surface area (Å²) < 4.78 is 29.2. The van der Waals surface area contributed by atoms with Crippen LogP contribution in [-0.2, 0) is 9.59 Å². The van der Waals surface area contributed by atoms with Gasteiger partial charge in [0, 0.05) is 34.5 Å². The van der Waals surface area contributed by atoms with Gasteiger partial charge >= 0.3 is 0 Å². The molecule has 4 rings (SSSR count). The molecule has 1 aliphatic heterocycles. The Morgan fingerprint density at radius 3 is 2.55 bits per heavy atom. The van der Waals surface area contributed by atoms with E-state index in [4.69, 9.17) is 0 Å². The molecule has 0 fully saturated rings. The molecule has 150 valence electrons. The number of nitrogens with zero attached hydrogens (tertiary/aromatic N) is 1. The highest BCUT2D eigenvalue weighted by atomic mass is 79.9. The molecule has 2 aliphatic rings. The van der Waals surface area contributed by atoms with E-state index < -0.39 is 17.6 Å². The Bertz CT molecular complexity index is 1060. The third-order valence-corrected chi connectivity index (χ3v) is 6.04. The van der Waals surface area contributed by atoms with Gasteiger partial charge in [0.2, 0.25) is 5.91 Å². The molecule has 0 saturated carbocycles. The smallest absolute Gasteiger partial charge is 0.232 e. The van der Waals surface area contributed by atoms with Crippen molar-refractivity contribution in [3.63, 3.8) is 0 Å². The number of hydrogen-bond acceptors (Lipinski definition) is 2. The predicted molar refractivity (Wildman–Crippen MR) is 110 cm³/mol. The van der Waals surface area contributed by atoms with E-state index in [1.54, 1.807) is 18.2 Å². The summed E-state index contributed by atoms with van der Waals surface area (Å²) in [6, 6.07) is 10.3. The number of carbonyl (C=O) groups excluding carboxylic acids is 2. The van der Waals surface area contributed by atoms with E-state index in [1.807, 2.05) is 13.8 Å². The minimum atomic E-state index is -0.650. The third kappa shape index (κ3) is 3.66. The van der Waals surface area contributed by atoms with Gasteiger partial charge in [-0.2, -0.15) is 0 Å². The number of halogens is 3. The van der Waals surface area contributed by atoms with Gasteiger partial charge in [0.25, 0.3) is 0 Å². The Hall–Kier alpha value is -2.34. The van der Waals surface area contributed by atoms with Crippen LogP contribution in [0.15, 0.2) is 58.2 Å². The van der Waals surface area contributed by atoms with E-state index in [-0.39, 0.29) is 23.5 Å². The third-order valence-electron chi connectivity index (χ3n) is 5.54. The number of hydrogen-bond donors (Lipinski definition) is 0. The van der Waals surface area contributed by atoms with Crippen LogP contribution in [0.3, 0.4) is 0 Å². The van der Waals surface area contributed by atoms with Gasteiger partial charge < -0.3 is 0 Å². The zero-order valence-corrected chi connectivity index (χ0v) is 17.7. The van der Waals surface area contributed by atoms with Crippen LogP contribution >= 0.6 is 15.9 Å². The fourth-order valence-electron chi connectivity index (χ4n) is 4.38. The van der Waals surface area contributed by atoms with Crippen LogP contribution in [-0.4, -0.2) is 11.7 Å². The van der Waals surface area contributed by atoms with E-state index in [2.05, 4.69) is 15.9 Å².